The summed E-state index contributed by atoms with van der Waals surface area (Å²) in [6.07, 6.45) is 3.60. The van der Waals surface area contributed by atoms with E-state index in [0.717, 1.165) is 11.4 Å². The lowest BCUT2D eigenvalue weighted by atomic mass is 9.94. The number of aryl methyl sites for hydroxylation is 1. The zero-order valence-corrected chi connectivity index (χ0v) is 12.0. The van der Waals surface area contributed by atoms with Crippen LogP contribution in [0.1, 0.15) is 44.6 Å². The molecule has 3 rings (SSSR count). The number of hydrogen-bond donors (Lipinski definition) is 2. The summed E-state index contributed by atoms with van der Waals surface area (Å²) in [5, 5.41) is 16.3. The summed E-state index contributed by atoms with van der Waals surface area (Å²) >= 11 is 3.35. The lowest BCUT2D eigenvalue weighted by molar-refractivity contribution is 0.0697. The molecule has 0 radical (unpaired) electrons. The second-order valence-electron chi connectivity index (χ2n) is 4.73. The van der Waals surface area contributed by atoms with Crippen LogP contribution in [0.25, 0.3) is 0 Å². The van der Waals surface area contributed by atoms with E-state index in [1.165, 1.54) is 41.0 Å². The van der Waals surface area contributed by atoms with E-state index in [9.17, 15) is 4.79 Å². The van der Waals surface area contributed by atoms with Gasteiger partial charge in [0.1, 0.15) is 0 Å². The van der Waals surface area contributed by atoms with Crippen molar-refractivity contribution in [3.8, 4) is 0 Å². The summed E-state index contributed by atoms with van der Waals surface area (Å²) in [5.74, 6) is -0.847. The van der Waals surface area contributed by atoms with Gasteiger partial charge < -0.3 is 10.4 Å². The molecular formula is C14H15NO2S2. The van der Waals surface area contributed by atoms with Crippen LogP contribution in [0.5, 0.6) is 0 Å². The predicted octanol–water partition coefficient (Wildman–Crippen LogP) is 3.68. The zero-order chi connectivity index (χ0) is 13.2. The number of nitrogens with one attached hydrogen (secondary N) is 1. The SMILES string of the molecule is O=C(O)c1csc(CNC2CCCc3sccc32)c1. The number of aromatic carboxylic acids is 1. The Hall–Kier alpha value is -1.17. The Labute approximate surface area is 119 Å². The highest BCUT2D eigenvalue weighted by Crippen LogP contribution is 2.33. The predicted molar refractivity (Wildman–Crippen MR) is 78.1 cm³/mol. The molecule has 0 fully saturated rings. The minimum absolute atomic E-state index is 0.390. The van der Waals surface area contributed by atoms with Gasteiger partial charge in [-0.05, 0) is 42.3 Å². The van der Waals surface area contributed by atoms with Crippen molar-refractivity contribution in [1.29, 1.82) is 0 Å². The molecule has 0 saturated heterocycles. The standard InChI is InChI=1S/C14H15NO2S2/c16-14(17)9-6-10(19-8-9)7-15-12-2-1-3-13-11(12)4-5-18-13/h4-6,8,12,15H,1-3,7H2,(H,16,17). The van der Waals surface area contributed by atoms with Crippen molar-refractivity contribution < 1.29 is 9.90 Å². The van der Waals surface area contributed by atoms with Crippen molar-refractivity contribution in [3.63, 3.8) is 0 Å². The van der Waals surface area contributed by atoms with E-state index in [2.05, 4.69) is 16.8 Å². The molecule has 2 aromatic heterocycles. The lowest BCUT2D eigenvalue weighted by Gasteiger charge is -2.23. The van der Waals surface area contributed by atoms with Crippen LogP contribution in [0.2, 0.25) is 0 Å². The normalized spacial score (nSPS) is 18.2. The second-order valence-corrected chi connectivity index (χ2v) is 6.73. The van der Waals surface area contributed by atoms with Crippen LogP contribution in [0.15, 0.2) is 22.9 Å². The Morgan fingerprint density at radius 1 is 1.47 bits per heavy atom. The summed E-state index contributed by atoms with van der Waals surface area (Å²) in [7, 11) is 0. The van der Waals surface area contributed by atoms with Gasteiger partial charge in [0.25, 0.3) is 0 Å². The average Bonchev–Trinajstić information content (AvgIpc) is 3.05. The van der Waals surface area contributed by atoms with Gasteiger partial charge in [0.05, 0.1) is 5.56 Å². The molecule has 100 valence electrons. The summed E-state index contributed by atoms with van der Waals surface area (Å²) in [4.78, 5) is 13.4. The number of fused-ring (bicyclic) bond motifs is 1. The molecule has 1 unspecified atom stereocenters. The number of hydrogen-bond acceptors (Lipinski definition) is 4. The van der Waals surface area contributed by atoms with Gasteiger partial charge in [-0.1, -0.05) is 0 Å². The van der Waals surface area contributed by atoms with Gasteiger partial charge in [0.2, 0.25) is 0 Å². The van der Waals surface area contributed by atoms with Crippen LogP contribution < -0.4 is 5.32 Å². The molecular weight excluding hydrogens is 278 g/mol. The summed E-state index contributed by atoms with van der Waals surface area (Å²) < 4.78 is 0. The molecule has 0 aromatic carbocycles. The minimum atomic E-state index is -0.847. The highest BCUT2D eigenvalue weighted by Gasteiger charge is 2.20. The van der Waals surface area contributed by atoms with Crippen LogP contribution in [-0.4, -0.2) is 11.1 Å². The van der Waals surface area contributed by atoms with E-state index in [1.807, 2.05) is 11.3 Å². The number of thiophene rings is 2. The van der Waals surface area contributed by atoms with E-state index in [-0.39, 0.29) is 0 Å². The molecule has 1 aliphatic rings. The molecule has 0 amide bonds. The molecule has 2 heterocycles. The highest BCUT2D eigenvalue weighted by molar-refractivity contribution is 7.10. The first-order chi connectivity index (χ1) is 9.24. The second kappa shape index (κ2) is 5.45. The van der Waals surface area contributed by atoms with Gasteiger partial charge in [-0.15, -0.1) is 22.7 Å². The van der Waals surface area contributed by atoms with Crippen LogP contribution in [-0.2, 0) is 13.0 Å². The summed E-state index contributed by atoms with van der Waals surface area (Å²) in [5.41, 5.74) is 1.83. The van der Waals surface area contributed by atoms with Crippen LogP contribution in [0.4, 0.5) is 0 Å². The van der Waals surface area contributed by atoms with Crippen LogP contribution >= 0.6 is 22.7 Å². The zero-order valence-electron chi connectivity index (χ0n) is 10.4. The topological polar surface area (TPSA) is 49.3 Å². The number of rotatable bonds is 4. The Balaban J connectivity index is 1.65. The highest BCUT2D eigenvalue weighted by atomic mass is 32.1. The molecule has 0 spiro atoms. The molecule has 5 heteroatoms. The van der Waals surface area contributed by atoms with Crippen molar-refractivity contribution in [3.05, 3.63) is 43.8 Å². The number of carboxylic acid groups (broad SMARTS) is 1. The Morgan fingerprint density at radius 2 is 2.37 bits per heavy atom. The quantitative estimate of drug-likeness (QED) is 0.904. The number of carboxylic acids is 1. The summed E-state index contributed by atoms with van der Waals surface area (Å²) in [6, 6.07) is 4.40. The van der Waals surface area contributed by atoms with Crippen molar-refractivity contribution in [2.75, 3.05) is 0 Å². The first kappa shape index (κ1) is 12.8. The van der Waals surface area contributed by atoms with Crippen molar-refractivity contribution in [2.45, 2.75) is 31.8 Å². The monoisotopic (exact) mass is 293 g/mol. The van der Waals surface area contributed by atoms with Crippen molar-refractivity contribution >= 4 is 28.6 Å². The van der Waals surface area contributed by atoms with Crippen LogP contribution in [0.3, 0.4) is 0 Å². The molecule has 1 atom stereocenters. The summed E-state index contributed by atoms with van der Waals surface area (Å²) in [6.45, 7) is 0.748. The maximum absolute atomic E-state index is 10.8. The maximum Gasteiger partial charge on any atom is 0.336 e. The fourth-order valence-electron chi connectivity index (χ4n) is 2.51. The Kier molecular flexibility index (Phi) is 3.68. The van der Waals surface area contributed by atoms with Gasteiger partial charge in [0, 0.05) is 27.7 Å². The van der Waals surface area contributed by atoms with Gasteiger partial charge in [0.15, 0.2) is 0 Å². The van der Waals surface area contributed by atoms with E-state index < -0.39 is 5.97 Å². The van der Waals surface area contributed by atoms with E-state index in [0.29, 0.717) is 11.6 Å². The first-order valence-electron chi connectivity index (χ1n) is 6.34. The number of carbonyl (C=O) groups is 1. The third-order valence-electron chi connectivity index (χ3n) is 3.48. The average molecular weight is 293 g/mol. The Morgan fingerprint density at radius 3 is 3.16 bits per heavy atom. The third kappa shape index (κ3) is 2.73. The molecule has 3 nitrogen and oxygen atoms in total. The van der Waals surface area contributed by atoms with Gasteiger partial charge >= 0.3 is 5.97 Å². The van der Waals surface area contributed by atoms with E-state index >= 15 is 0 Å². The van der Waals surface area contributed by atoms with E-state index in [1.54, 1.807) is 11.4 Å². The fraction of sp³-hybridized carbons (Fsp3) is 0.357. The van der Waals surface area contributed by atoms with Crippen molar-refractivity contribution in [2.24, 2.45) is 0 Å². The third-order valence-corrected chi connectivity index (χ3v) is 5.41. The fourth-order valence-corrected chi connectivity index (χ4v) is 4.30. The smallest absolute Gasteiger partial charge is 0.336 e. The molecule has 0 bridgehead atoms. The van der Waals surface area contributed by atoms with Gasteiger partial charge in [-0.3, -0.25) is 0 Å². The molecule has 19 heavy (non-hydrogen) atoms. The largest absolute Gasteiger partial charge is 0.478 e. The minimum Gasteiger partial charge on any atom is -0.478 e. The van der Waals surface area contributed by atoms with Gasteiger partial charge in [-0.2, -0.15) is 0 Å². The molecule has 1 aliphatic carbocycles. The van der Waals surface area contributed by atoms with Crippen molar-refractivity contribution in [1.82, 2.24) is 5.32 Å². The Bertz CT molecular complexity index is 588. The lowest BCUT2D eigenvalue weighted by Crippen LogP contribution is -2.23. The molecule has 2 aromatic rings. The first-order valence-corrected chi connectivity index (χ1v) is 8.10. The van der Waals surface area contributed by atoms with Crippen LogP contribution in [0, 0.1) is 0 Å². The van der Waals surface area contributed by atoms with Gasteiger partial charge in [-0.25, -0.2) is 4.79 Å². The molecule has 2 N–H and O–H groups in total. The molecule has 0 aliphatic heterocycles. The maximum atomic E-state index is 10.8. The van der Waals surface area contributed by atoms with E-state index in [4.69, 9.17) is 5.11 Å². The molecule has 0 saturated carbocycles.